The summed E-state index contributed by atoms with van der Waals surface area (Å²) >= 11 is 0. The Labute approximate surface area is 162 Å². The number of alkyl halides is 3. The molecule has 28 heavy (non-hydrogen) atoms. The smallest absolute Gasteiger partial charge is 0.547 e. The van der Waals surface area contributed by atoms with Gasteiger partial charge in [0.1, 0.15) is 0 Å². The quantitative estimate of drug-likeness (QED) is 0.348. The topological polar surface area (TPSA) is 120 Å². The molecule has 0 saturated heterocycles. The van der Waals surface area contributed by atoms with Crippen LogP contribution in [0.3, 0.4) is 0 Å². The van der Waals surface area contributed by atoms with Crippen LogP contribution in [0.25, 0.3) is 0 Å². The normalized spacial score (nSPS) is 11.9. The molecule has 0 aromatic rings. The third-order valence-electron chi connectivity index (χ3n) is 1.49. The molecule has 0 aliphatic rings. The fraction of sp³-hybridized carbons (Fsp3) is 0.250. The van der Waals surface area contributed by atoms with Crippen LogP contribution in [-0.2, 0) is 33.9 Å². The van der Waals surface area contributed by atoms with Gasteiger partial charge in [-0.15, -0.1) is 0 Å². The Kier molecular flexibility index (Phi) is 21.4. The molecule has 0 aromatic heterocycles. The standard InChI is InChI=1S/3C4H3F3O2.Ru/c3*5-2(4(8)9)1-3(6)7;/h3*1-2H,(H,8,9);/q;;;+3/p-3. The summed E-state index contributed by atoms with van der Waals surface area (Å²) in [5.74, 6) is -6.49. The summed E-state index contributed by atoms with van der Waals surface area (Å²) in [7, 11) is 0. The summed E-state index contributed by atoms with van der Waals surface area (Å²) < 4.78 is 101. The number of carboxylic acids is 3. The summed E-state index contributed by atoms with van der Waals surface area (Å²) in [4.78, 5) is 28.1. The molecule has 0 N–H and O–H groups in total. The molecular weight excluding hydrogens is 512 g/mol. The van der Waals surface area contributed by atoms with Crippen molar-refractivity contribution in [3.05, 3.63) is 36.5 Å². The number of hydrogen-bond donors (Lipinski definition) is 0. The van der Waals surface area contributed by atoms with Crippen LogP contribution in [0.1, 0.15) is 0 Å². The van der Waals surface area contributed by atoms with E-state index in [1.807, 2.05) is 0 Å². The first-order valence-electron chi connectivity index (χ1n) is 5.75. The summed E-state index contributed by atoms with van der Waals surface area (Å²) in [5.41, 5.74) is 0. The summed E-state index contributed by atoms with van der Waals surface area (Å²) in [6.07, 6.45) is -16.3. The predicted molar refractivity (Wildman–Crippen MR) is 60.6 cm³/mol. The molecule has 0 rings (SSSR count). The fourth-order valence-electron chi connectivity index (χ4n) is 0.536. The molecule has 0 spiro atoms. The van der Waals surface area contributed by atoms with E-state index in [9.17, 15) is 69.2 Å². The molecular formula is C12H6F9O6Ru. The van der Waals surface area contributed by atoms with Crippen molar-refractivity contribution in [2.45, 2.75) is 18.5 Å². The van der Waals surface area contributed by atoms with E-state index in [0.717, 1.165) is 0 Å². The Morgan fingerprint density at radius 1 is 0.536 bits per heavy atom. The zero-order valence-corrected chi connectivity index (χ0v) is 14.4. The van der Waals surface area contributed by atoms with Crippen molar-refractivity contribution in [1.29, 1.82) is 0 Å². The van der Waals surface area contributed by atoms with Crippen LogP contribution in [0.15, 0.2) is 36.5 Å². The van der Waals surface area contributed by atoms with Gasteiger partial charge >= 0.3 is 19.5 Å². The average molecular weight is 518 g/mol. The van der Waals surface area contributed by atoms with Crippen molar-refractivity contribution < 1.29 is 88.7 Å². The molecule has 16 heteroatoms. The van der Waals surface area contributed by atoms with E-state index < -0.39 is 54.7 Å². The number of carbonyl (C=O) groups is 3. The predicted octanol–water partition coefficient (Wildman–Crippen LogP) is -0.438. The van der Waals surface area contributed by atoms with Gasteiger partial charge in [0.25, 0.3) is 18.2 Å². The van der Waals surface area contributed by atoms with E-state index in [1.165, 1.54) is 0 Å². The first kappa shape index (κ1) is 33.2. The Hall–Kier alpha value is -2.38. The van der Waals surface area contributed by atoms with Gasteiger partial charge in [-0.2, -0.15) is 26.3 Å². The molecule has 0 amide bonds. The number of rotatable bonds is 6. The minimum atomic E-state index is -2.71. The van der Waals surface area contributed by atoms with E-state index in [4.69, 9.17) is 0 Å². The molecule has 6 nitrogen and oxygen atoms in total. The van der Waals surface area contributed by atoms with Crippen molar-refractivity contribution in [1.82, 2.24) is 0 Å². The van der Waals surface area contributed by atoms with Gasteiger partial charge in [0.15, 0.2) is 18.5 Å². The molecule has 0 aliphatic carbocycles. The maximum Gasteiger partial charge on any atom is 3.00 e. The number of hydrogen-bond acceptors (Lipinski definition) is 6. The van der Waals surface area contributed by atoms with Crippen molar-refractivity contribution in [2.24, 2.45) is 0 Å². The van der Waals surface area contributed by atoms with Crippen LogP contribution in [-0.4, -0.2) is 36.4 Å². The zero-order valence-electron chi connectivity index (χ0n) is 12.7. The van der Waals surface area contributed by atoms with E-state index >= 15 is 0 Å². The van der Waals surface area contributed by atoms with Gasteiger partial charge in [-0.3, -0.25) is 0 Å². The monoisotopic (exact) mass is 519 g/mol. The van der Waals surface area contributed by atoms with Gasteiger partial charge in [0.05, 0.1) is 17.9 Å². The van der Waals surface area contributed by atoms with E-state index in [-0.39, 0.29) is 37.7 Å². The maximum atomic E-state index is 11.6. The van der Waals surface area contributed by atoms with E-state index in [2.05, 4.69) is 0 Å². The molecule has 161 valence electrons. The first-order valence-corrected chi connectivity index (χ1v) is 5.75. The zero-order chi connectivity index (χ0) is 22.3. The van der Waals surface area contributed by atoms with Crippen LogP contribution in [0.5, 0.6) is 0 Å². The van der Waals surface area contributed by atoms with Crippen molar-refractivity contribution in [3.8, 4) is 0 Å². The second-order valence-electron chi connectivity index (χ2n) is 3.53. The minimum Gasteiger partial charge on any atom is -0.547 e. The van der Waals surface area contributed by atoms with Gasteiger partial charge in [0.2, 0.25) is 0 Å². The van der Waals surface area contributed by atoms with E-state index in [1.54, 1.807) is 0 Å². The third-order valence-corrected chi connectivity index (χ3v) is 1.49. The van der Waals surface area contributed by atoms with E-state index in [0.29, 0.717) is 0 Å². The van der Waals surface area contributed by atoms with Crippen LogP contribution >= 0.6 is 0 Å². The van der Waals surface area contributed by atoms with Crippen LogP contribution in [0.4, 0.5) is 39.5 Å². The van der Waals surface area contributed by atoms with Crippen LogP contribution in [0.2, 0.25) is 0 Å². The van der Waals surface area contributed by atoms with Crippen LogP contribution < -0.4 is 15.3 Å². The SMILES string of the molecule is O=C([O-])C(F)C=C(F)F.O=C([O-])C(F)C=C(F)F.O=C([O-])C(F)C=C(F)F.[Ru+3]. The first-order chi connectivity index (χ1) is 12.1. The average Bonchev–Trinajstić information content (AvgIpc) is 2.46. The summed E-state index contributed by atoms with van der Waals surface area (Å²) in [5, 5.41) is 28.1. The molecule has 0 aliphatic heterocycles. The van der Waals surface area contributed by atoms with Crippen LogP contribution in [0, 0.1) is 0 Å². The largest absolute Gasteiger partial charge is 3.00 e. The van der Waals surface area contributed by atoms with Crippen molar-refractivity contribution in [2.75, 3.05) is 0 Å². The second-order valence-corrected chi connectivity index (χ2v) is 3.53. The number of carboxylic acid groups (broad SMARTS) is 3. The molecule has 3 atom stereocenters. The van der Waals surface area contributed by atoms with Crippen molar-refractivity contribution >= 4 is 17.9 Å². The number of aliphatic carboxylic acids is 3. The number of halogens is 9. The van der Waals surface area contributed by atoms with Gasteiger partial charge in [-0.25, -0.2) is 13.2 Å². The molecule has 1 radical (unpaired) electrons. The Balaban J connectivity index is -0.000000152. The number of carbonyl (C=O) groups excluding carboxylic acids is 3. The third kappa shape index (κ3) is 25.9. The summed E-state index contributed by atoms with van der Waals surface area (Å²) in [6, 6.07) is 0. The Bertz CT molecular complexity index is 503. The minimum absolute atomic E-state index is 0. The van der Waals surface area contributed by atoms with Gasteiger partial charge in [-0.1, -0.05) is 0 Å². The molecule has 0 heterocycles. The molecule has 3 unspecified atom stereocenters. The molecule has 0 saturated carbocycles. The maximum absolute atomic E-state index is 11.6. The van der Waals surface area contributed by atoms with Crippen molar-refractivity contribution in [3.63, 3.8) is 0 Å². The Morgan fingerprint density at radius 2 is 0.679 bits per heavy atom. The second kappa shape index (κ2) is 18.0. The van der Waals surface area contributed by atoms with Gasteiger partial charge in [-0.05, 0) is 0 Å². The van der Waals surface area contributed by atoms with Gasteiger partial charge < -0.3 is 29.7 Å². The Morgan fingerprint density at radius 3 is 0.714 bits per heavy atom. The fourth-order valence-corrected chi connectivity index (χ4v) is 0.536. The molecule has 0 aromatic carbocycles. The van der Waals surface area contributed by atoms with Gasteiger partial charge in [0, 0.05) is 18.2 Å². The summed E-state index contributed by atoms with van der Waals surface area (Å²) in [6.45, 7) is 0. The molecule has 0 bridgehead atoms. The molecule has 0 fully saturated rings.